The topological polar surface area (TPSA) is 15.8 Å². The Morgan fingerprint density at radius 3 is 2.54 bits per heavy atom. The largest absolute Gasteiger partial charge is 0.364 e. The molecule has 0 radical (unpaired) electrons. The monoisotopic (exact) mass is 355 g/mol. The van der Waals surface area contributed by atoms with Gasteiger partial charge in [0, 0.05) is 11.9 Å². The van der Waals surface area contributed by atoms with E-state index in [-0.39, 0.29) is 0 Å². The Morgan fingerprint density at radius 2 is 1.85 bits per heavy atom. The molecule has 1 nitrogen and oxygen atoms in total. The minimum absolute atomic E-state index is 0.753. The maximum absolute atomic E-state index is 3.88. The lowest BCUT2D eigenvalue weighted by molar-refractivity contribution is 0.396. The molecule has 0 saturated heterocycles. The van der Waals surface area contributed by atoms with Crippen molar-refractivity contribution in [2.45, 2.75) is 104 Å². The minimum Gasteiger partial charge on any atom is -0.364 e. The summed E-state index contributed by atoms with van der Waals surface area (Å²) in [6.07, 6.45) is 25.2. The maximum Gasteiger partial charge on any atom is 0.0223 e. The number of hydrogen-bond donors (Lipinski definition) is 1. The van der Waals surface area contributed by atoms with Crippen molar-refractivity contribution in [2.75, 3.05) is 0 Å². The van der Waals surface area contributed by atoms with E-state index in [0.29, 0.717) is 0 Å². The quantitative estimate of drug-likeness (QED) is 0.241. The molecule has 1 N–H and O–H groups in total. The molecule has 1 aliphatic carbocycles. The van der Waals surface area contributed by atoms with Crippen LogP contribution in [0.2, 0.25) is 0 Å². The number of aryl methyl sites for hydroxylation is 1. The van der Waals surface area contributed by atoms with Crippen LogP contribution in [-0.4, -0.2) is 4.98 Å². The molecule has 146 valence electrons. The van der Waals surface area contributed by atoms with Crippen LogP contribution >= 0.6 is 0 Å². The average molecular weight is 356 g/mol. The number of aromatic nitrogens is 1. The Labute approximate surface area is 162 Å². The van der Waals surface area contributed by atoms with Gasteiger partial charge in [-0.15, -0.1) is 6.58 Å². The fourth-order valence-electron chi connectivity index (χ4n) is 4.16. The third kappa shape index (κ3) is 6.82. The van der Waals surface area contributed by atoms with Crippen molar-refractivity contribution in [3.63, 3.8) is 0 Å². The smallest absolute Gasteiger partial charge is 0.0223 e. The van der Waals surface area contributed by atoms with Crippen molar-refractivity contribution in [1.82, 2.24) is 4.98 Å². The second kappa shape index (κ2) is 11.5. The van der Waals surface area contributed by atoms with Gasteiger partial charge in [0.2, 0.25) is 0 Å². The average Bonchev–Trinajstić information content (AvgIpc) is 3.27. The molecule has 1 aromatic heterocycles. The second-order valence-corrected chi connectivity index (χ2v) is 8.38. The van der Waals surface area contributed by atoms with E-state index in [0.717, 1.165) is 18.3 Å². The van der Waals surface area contributed by atoms with E-state index < -0.39 is 0 Å². The van der Waals surface area contributed by atoms with Crippen LogP contribution in [0, 0.1) is 5.41 Å². The summed E-state index contributed by atoms with van der Waals surface area (Å²) in [6, 6.07) is 2.30. The first-order chi connectivity index (χ1) is 12.7. The highest BCUT2D eigenvalue weighted by Crippen LogP contribution is 2.53. The Morgan fingerprint density at radius 1 is 1.08 bits per heavy atom. The number of H-pyrrole nitrogens is 1. The molecule has 0 bridgehead atoms. The van der Waals surface area contributed by atoms with Crippen molar-refractivity contribution in [3.05, 3.63) is 42.3 Å². The third-order valence-corrected chi connectivity index (χ3v) is 6.14. The van der Waals surface area contributed by atoms with Gasteiger partial charge in [-0.25, -0.2) is 0 Å². The predicted molar refractivity (Wildman–Crippen MR) is 116 cm³/mol. The van der Waals surface area contributed by atoms with Crippen molar-refractivity contribution in [2.24, 2.45) is 5.41 Å². The molecule has 1 heteroatoms. The third-order valence-electron chi connectivity index (χ3n) is 6.14. The van der Waals surface area contributed by atoms with Gasteiger partial charge in [-0.3, -0.25) is 0 Å². The van der Waals surface area contributed by atoms with E-state index in [1.54, 1.807) is 5.57 Å². The van der Waals surface area contributed by atoms with E-state index in [1.807, 2.05) is 6.08 Å². The molecule has 1 aliphatic rings. The highest BCUT2D eigenvalue weighted by atomic mass is 14.7. The van der Waals surface area contributed by atoms with Gasteiger partial charge in [-0.1, -0.05) is 51.7 Å². The summed E-state index contributed by atoms with van der Waals surface area (Å²) in [5, 5.41) is 0. The normalized spacial score (nSPS) is 16.0. The van der Waals surface area contributed by atoms with Gasteiger partial charge in [-0.05, 0) is 86.8 Å². The van der Waals surface area contributed by atoms with Gasteiger partial charge >= 0.3 is 0 Å². The fraction of sp³-hybridized carbons (Fsp3) is 0.680. The van der Waals surface area contributed by atoms with E-state index >= 15 is 0 Å². The molecule has 0 aromatic carbocycles. The summed E-state index contributed by atoms with van der Waals surface area (Å²) in [7, 11) is 0. The van der Waals surface area contributed by atoms with Crippen LogP contribution < -0.4 is 0 Å². The standard InChI is InChI=1S/C25H41N/c1-4-7-10-13-22(23-16-21-26-24(23)15-8-5-2)14-11-12-18-25(19-20-25)17-9-6-3/h4,13,16,21,26H,1,5-12,14-15,17-20H2,2-3H3/b22-13-. The van der Waals surface area contributed by atoms with Gasteiger partial charge in [0.05, 0.1) is 0 Å². The molecular formula is C25H41N. The SMILES string of the molecule is C=CCC/C=C(/CCCCC1(CCCC)CC1)c1cc[nH]c1CCCC. The first kappa shape index (κ1) is 21.1. The van der Waals surface area contributed by atoms with Crippen LogP contribution in [0.1, 0.15) is 109 Å². The summed E-state index contributed by atoms with van der Waals surface area (Å²) in [5.74, 6) is 0. The van der Waals surface area contributed by atoms with E-state index in [2.05, 4.69) is 43.7 Å². The number of hydrogen-bond acceptors (Lipinski definition) is 0. The molecule has 2 rings (SSSR count). The van der Waals surface area contributed by atoms with E-state index in [1.165, 1.54) is 88.3 Å². The zero-order chi connectivity index (χ0) is 18.7. The number of aromatic amines is 1. The summed E-state index contributed by atoms with van der Waals surface area (Å²) >= 11 is 0. The van der Waals surface area contributed by atoms with Gasteiger partial charge in [-0.2, -0.15) is 0 Å². The molecule has 26 heavy (non-hydrogen) atoms. The van der Waals surface area contributed by atoms with E-state index in [9.17, 15) is 0 Å². The lowest BCUT2D eigenvalue weighted by Gasteiger charge is -2.15. The predicted octanol–water partition coefficient (Wildman–Crippen LogP) is 8.24. The molecule has 1 saturated carbocycles. The lowest BCUT2D eigenvalue weighted by atomic mass is 9.90. The number of nitrogens with one attached hydrogen (secondary N) is 1. The van der Waals surface area contributed by atoms with Crippen LogP contribution in [-0.2, 0) is 6.42 Å². The van der Waals surface area contributed by atoms with Gasteiger partial charge in [0.15, 0.2) is 0 Å². The molecule has 1 aromatic rings. The minimum atomic E-state index is 0.753. The van der Waals surface area contributed by atoms with Crippen molar-refractivity contribution in [3.8, 4) is 0 Å². The first-order valence-corrected chi connectivity index (χ1v) is 11.2. The van der Waals surface area contributed by atoms with E-state index in [4.69, 9.17) is 0 Å². The Bertz CT molecular complexity index is 544. The Kier molecular flexibility index (Phi) is 9.29. The highest BCUT2D eigenvalue weighted by Gasteiger charge is 2.40. The molecule has 0 spiro atoms. The number of unbranched alkanes of at least 4 members (excludes halogenated alkanes) is 4. The molecule has 0 aliphatic heterocycles. The van der Waals surface area contributed by atoms with Crippen LogP contribution in [0.15, 0.2) is 31.0 Å². The molecular weight excluding hydrogens is 314 g/mol. The van der Waals surface area contributed by atoms with Crippen LogP contribution in [0.4, 0.5) is 0 Å². The summed E-state index contributed by atoms with van der Waals surface area (Å²) in [6.45, 7) is 8.47. The van der Waals surface area contributed by atoms with Crippen molar-refractivity contribution < 1.29 is 0 Å². The van der Waals surface area contributed by atoms with Crippen LogP contribution in [0.25, 0.3) is 5.57 Å². The van der Waals surface area contributed by atoms with Gasteiger partial charge < -0.3 is 4.98 Å². The first-order valence-electron chi connectivity index (χ1n) is 11.2. The zero-order valence-corrected chi connectivity index (χ0v) is 17.4. The number of rotatable bonds is 15. The summed E-state index contributed by atoms with van der Waals surface area (Å²) in [5.41, 5.74) is 5.24. The lowest BCUT2D eigenvalue weighted by Crippen LogP contribution is -2.00. The number of allylic oxidation sites excluding steroid dienone is 3. The Balaban J connectivity index is 1.88. The molecule has 0 amide bonds. The molecule has 0 unspecified atom stereocenters. The Hall–Kier alpha value is -1.24. The fourth-order valence-corrected chi connectivity index (χ4v) is 4.16. The van der Waals surface area contributed by atoms with Crippen LogP contribution in [0.5, 0.6) is 0 Å². The maximum atomic E-state index is 3.88. The summed E-state index contributed by atoms with van der Waals surface area (Å²) < 4.78 is 0. The van der Waals surface area contributed by atoms with Crippen LogP contribution in [0.3, 0.4) is 0 Å². The highest BCUT2D eigenvalue weighted by molar-refractivity contribution is 5.67. The molecule has 1 heterocycles. The van der Waals surface area contributed by atoms with Crippen molar-refractivity contribution in [1.29, 1.82) is 0 Å². The summed E-state index contributed by atoms with van der Waals surface area (Å²) in [4.78, 5) is 3.50. The second-order valence-electron chi connectivity index (χ2n) is 8.38. The zero-order valence-electron chi connectivity index (χ0n) is 17.4. The van der Waals surface area contributed by atoms with Gasteiger partial charge in [0.25, 0.3) is 0 Å². The molecule has 1 fully saturated rings. The van der Waals surface area contributed by atoms with Gasteiger partial charge in [0.1, 0.15) is 0 Å². The van der Waals surface area contributed by atoms with Crippen molar-refractivity contribution >= 4 is 5.57 Å². The molecule has 0 atom stereocenters.